The van der Waals surface area contributed by atoms with Gasteiger partial charge in [0.15, 0.2) is 11.5 Å². The van der Waals surface area contributed by atoms with E-state index in [0.29, 0.717) is 11.5 Å². The number of hydrogen-bond donors (Lipinski definition) is 1. The van der Waals surface area contributed by atoms with Crippen LogP contribution in [0.25, 0.3) is 0 Å². The SMILES string of the molecule is C[C@H](NC(=O)[C@@H]1COc2ccccc2O1)c1ccc2c(c1)CCC2. The van der Waals surface area contributed by atoms with E-state index in [-0.39, 0.29) is 18.6 Å². The van der Waals surface area contributed by atoms with Crippen molar-refractivity contribution in [2.45, 2.75) is 38.3 Å². The van der Waals surface area contributed by atoms with Gasteiger partial charge in [-0.1, -0.05) is 30.3 Å². The molecule has 0 saturated carbocycles. The Morgan fingerprint density at radius 1 is 1.12 bits per heavy atom. The van der Waals surface area contributed by atoms with Crippen molar-refractivity contribution in [3.8, 4) is 11.5 Å². The molecule has 4 heteroatoms. The highest BCUT2D eigenvalue weighted by Crippen LogP contribution is 2.31. The van der Waals surface area contributed by atoms with Crippen molar-refractivity contribution < 1.29 is 14.3 Å². The number of fused-ring (bicyclic) bond motifs is 2. The van der Waals surface area contributed by atoms with Crippen molar-refractivity contribution in [1.29, 1.82) is 0 Å². The molecule has 2 atom stereocenters. The molecular weight excluding hydrogens is 302 g/mol. The van der Waals surface area contributed by atoms with Crippen LogP contribution >= 0.6 is 0 Å². The van der Waals surface area contributed by atoms with Crippen LogP contribution in [-0.4, -0.2) is 18.6 Å². The van der Waals surface area contributed by atoms with Crippen molar-refractivity contribution in [2.24, 2.45) is 0 Å². The second-order valence-electron chi connectivity index (χ2n) is 6.48. The summed E-state index contributed by atoms with van der Waals surface area (Å²) in [5, 5.41) is 3.04. The molecule has 1 amide bonds. The molecule has 2 aromatic rings. The van der Waals surface area contributed by atoms with Crippen LogP contribution in [0.3, 0.4) is 0 Å². The number of hydrogen-bond acceptors (Lipinski definition) is 3. The first-order valence-electron chi connectivity index (χ1n) is 8.51. The van der Waals surface area contributed by atoms with Gasteiger partial charge in [-0.25, -0.2) is 0 Å². The van der Waals surface area contributed by atoms with Gasteiger partial charge in [0.1, 0.15) is 6.61 Å². The summed E-state index contributed by atoms with van der Waals surface area (Å²) < 4.78 is 11.4. The Labute approximate surface area is 141 Å². The lowest BCUT2D eigenvalue weighted by atomic mass is 10.0. The Bertz CT molecular complexity index is 771. The lowest BCUT2D eigenvalue weighted by molar-refractivity contribution is -0.131. The fourth-order valence-corrected chi connectivity index (χ4v) is 3.40. The van der Waals surface area contributed by atoms with Crippen molar-refractivity contribution >= 4 is 5.91 Å². The molecule has 0 bridgehead atoms. The highest BCUT2D eigenvalue weighted by Gasteiger charge is 2.28. The molecule has 0 spiro atoms. The minimum Gasteiger partial charge on any atom is -0.485 e. The van der Waals surface area contributed by atoms with E-state index in [9.17, 15) is 4.79 Å². The molecule has 0 radical (unpaired) electrons. The van der Waals surface area contributed by atoms with Crippen molar-refractivity contribution in [3.05, 3.63) is 59.2 Å². The van der Waals surface area contributed by atoms with Crippen LogP contribution in [0.2, 0.25) is 0 Å². The first kappa shape index (κ1) is 15.1. The Hall–Kier alpha value is -2.49. The Balaban J connectivity index is 1.43. The maximum atomic E-state index is 12.5. The van der Waals surface area contributed by atoms with E-state index in [1.54, 1.807) is 0 Å². The molecule has 1 aliphatic carbocycles. The second-order valence-corrected chi connectivity index (χ2v) is 6.48. The molecule has 124 valence electrons. The number of ether oxygens (including phenoxy) is 2. The number of aryl methyl sites for hydroxylation is 2. The number of rotatable bonds is 3. The summed E-state index contributed by atoms with van der Waals surface area (Å²) >= 11 is 0. The van der Waals surface area contributed by atoms with Gasteiger partial charge in [0.05, 0.1) is 6.04 Å². The summed E-state index contributed by atoms with van der Waals surface area (Å²) in [6.07, 6.45) is 2.92. The second kappa shape index (κ2) is 6.19. The fourth-order valence-electron chi connectivity index (χ4n) is 3.40. The third-order valence-corrected chi connectivity index (χ3v) is 4.78. The monoisotopic (exact) mass is 323 g/mol. The Morgan fingerprint density at radius 3 is 2.79 bits per heavy atom. The minimum atomic E-state index is -0.614. The van der Waals surface area contributed by atoms with Crippen LogP contribution < -0.4 is 14.8 Å². The summed E-state index contributed by atoms with van der Waals surface area (Å²) in [5.41, 5.74) is 4.00. The topological polar surface area (TPSA) is 47.6 Å². The zero-order chi connectivity index (χ0) is 16.5. The van der Waals surface area contributed by atoms with Gasteiger partial charge in [0, 0.05) is 0 Å². The number of benzene rings is 2. The van der Waals surface area contributed by atoms with E-state index >= 15 is 0 Å². The normalized spacial score (nSPS) is 19.5. The van der Waals surface area contributed by atoms with Gasteiger partial charge in [-0.05, 0) is 55.0 Å². The Kier molecular flexibility index (Phi) is 3.89. The Morgan fingerprint density at radius 2 is 1.92 bits per heavy atom. The summed E-state index contributed by atoms with van der Waals surface area (Å²) in [7, 11) is 0. The van der Waals surface area contributed by atoms with E-state index in [1.807, 2.05) is 31.2 Å². The molecule has 2 aliphatic rings. The van der Waals surface area contributed by atoms with Crippen molar-refractivity contribution in [2.75, 3.05) is 6.61 Å². The fraction of sp³-hybridized carbons (Fsp3) is 0.350. The molecule has 1 N–H and O–H groups in total. The van der Waals surface area contributed by atoms with Gasteiger partial charge >= 0.3 is 0 Å². The predicted octanol–water partition coefficient (Wildman–Crippen LogP) is 3.19. The predicted molar refractivity (Wildman–Crippen MR) is 91.4 cm³/mol. The lowest BCUT2D eigenvalue weighted by Gasteiger charge is -2.27. The maximum absolute atomic E-state index is 12.5. The van der Waals surface area contributed by atoms with Crippen LogP contribution in [0, 0.1) is 0 Å². The first-order chi connectivity index (χ1) is 11.7. The van der Waals surface area contributed by atoms with Crippen LogP contribution in [0.15, 0.2) is 42.5 Å². The minimum absolute atomic E-state index is 0.0517. The zero-order valence-electron chi connectivity index (χ0n) is 13.7. The van der Waals surface area contributed by atoms with Crippen molar-refractivity contribution in [1.82, 2.24) is 5.32 Å². The molecule has 0 saturated heterocycles. The average molecular weight is 323 g/mol. The van der Waals surface area contributed by atoms with E-state index in [1.165, 1.54) is 24.0 Å². The van der Waals surface area contributed by atoms with Gasteiger partial charge in [0.2, 0.25) is 6.10 Å². The summed E-state index contributed by atoms with van der Waals surface area (Å²) in [6, 6.07) is 13.9. The van der Waals surface area contributed by atoms with E-state index in [2.05, 4.69) is 23.5 Å². The van der Waals surface area contributed by atoms with Crippen LogP contribution in [-0.2, 0) is 17.6 Å². The van der Waals surface area contributed by atoms with Crippen molar-refractivity contribution in [3.63, 3.8) is 0 Å². The van der Waals surface area contributed by atoms with Gasteiger partial charge in [-0.15, -0.1) is 0 Å². The quantitative estimate of drug-likeness (QED) is 0.943. The van der Waals surface area contributed by atoms with Gasteiger partial charge in [-0.2, -0.15) is 0 Å². The third kappa shape index (κ3) is 2.84. The molecule has 0 aromatic heterocycles. The summed E-state index contributed by atoms with van der Waals surface area (Å²) in [4.78, 5) is 12.5. The van der Waals surface area contributed by atoms with Crippen LogP contribution in [0.1, 0.15) is 36.1 Å². The number of amides is 1. The van der Waals surface area contributed by atoms with Gasteiger partial charge < -0.3 is 14.8 Å². The van der Waals surface area contributed by atoms with E-state index in [0.717, 1.165) is 12.0 Å². The molecule has 0 fully saturated rings. The smallest absolute Gasteiger partial charge is 0.265 e. The molecule has 1 aliphatic heterocycles. The molecule has 2 aromatic carbocycles. The van der Waals surface area contributed by atoms with E-state index < -0.39 is 6.10 Å². The van der Waals surface area contributed by atoms with Crippen LogP contribution in [0.4, 0.5) is 0 Å². The lowest BCUT2D eigenvalue weighted by Crippen LogP contribution is -2.44. The first-order valence-corrected chi connectivity index (χ1v) is 8.51. The van der Waals surface area contributed by atoms with Gasteiger partial charge in [0.25, 0.3) is 5.91 Å². The van der Waals surface area contributed by atoms with Gasteiger partial charge in [-0.3, -0.25) is 4.79 Å². The maximum Gasteiger partial charge on any atom is 0.265 e. The highest BCUT2D eigenvalue weighted by atomic mass is 16.6. The molecule has 24 heavy (non-hydrogen) atoms. The molecule has 4 rings (SSSR count). The number of carbonyl (C=O) groups is 1. The third-order valence-electron chi connectivity index (χ3n) is 4.78. The average Bonchev–Trinajstić information content (AvgIpc) is 3.08. The zero-order valence-corrected chi connectivity index (χ0v) is 13.7. The largest absolute Gasteiger partial charge is 0.485 e. The number of nitrogens with one attached hydrogen (secondary N) is 1. The molecule has 4 nitrogen and oxygen atoms in total. The van der Waals surface area contributed by atoms with E-state index in [4.69, 9.17) is 9.47 Å². The summed E-state index contributed by atoms with van der Waals surface area (Å²) in [6.45, 7) is 2.24. The molecular formula is C20H21NO3. The van der Waals surface area contributed by atoms with Crippen LogP contribution in [0.5, 0.6) is 11.5 Å². The number of carbonyl (C=O) groups excluding carboxylic acids is 1. The molecule has 0 unspecified atom stereocenters. The summed E-state index contributed by atoms with van der Waals surface area (Å²) in [5.74, 6) is 1.17. The highest BCUT2D eigenvalue weighted by molar-refractivity contribution is 5.82. The molecule has 1 heterocycles. The number of para-hydroxylation sites is 2. The standard InChI is InChI=1S/C20H21NO3/c1-13(15-10-9-14-5-4-6-16(14)11-15)21-20(22)19-12-23-17-7-2-3-8-18(17)24-19/h2-3,7-11,13,19H,4-6,12H2,1H3,(H,21,22)/t13-,19-/m0/s1.